The van der Waals surface area contributed by atoms with Crippen LogP contribution in [0.15, 0.2) is 24.9 Å². The molecule has 2 aromatic rings. The predicted molar refractivity (Wildman–Crippen MR) is 82.7 cm³/mol. The first-order valence-electron chi connectivity index (χ1n) is 6.88. The number of nitrogens with one attached hydrogen (secondary N) is 1. The quantitative estimate of drug-likeness (QED) is 0.806. The Bertz CT molecular complexity index is 834. The van der Waals surface area contributed by atoms with Crippen LogP contribution in [0.4, 0.5) is 13.2 Å². The molecule has 0 spiro atoms. The molecule has 134 valence electrons. The van der Waals surface area contributed by atoms with Gasteiger partial charge in [-0.2, -0.15) is 13.2 Å². The molecule has 2 rings (SSSR count). The van der Waals surface area contributed by atoms with Crippen molar-refractivity contribution in [2.45, 2.75) is 12.7 Å². The normalized spacial score (nSPS) is 11.4. The SMILES string of the molecule is C=CC(=O)N(C)CC(=O)NCc1nnc2c(Cl)cc(C(F)(F)F)cn12. The van der Waals surface area contributed by atoms with E-state index in [4.69, 9.17) is 11.6 Å². The summed E-state index contributed by atoms with van der Waals surface area (Å²) in [5.41, 5.74) is -0.924. The predicted octanol–water partition coefficient (Wildman–Crippen LogP) is 1.66. The molecule has 1 N–H and O–H groups in total. The highest BCUT2D eigenvalue weighted by Gasteiger charge is 2.32. The molecule has 25 heavy (non-hydrogen) atoms. The first-order chi connectivity index (χ1) is 11.6. The Morgan fingerprint density at radius 2 is 2.12 bits per heavy atom. The van der Waals surface area contributed by atoms with Crippen LogP contribution in [0.25, 0.3) is 5.65 Å². The van der Waals surface area contributed by atoms with Crippen LogP contribution in [0.2, 0.25) is 5.02 Å². The lowest BCUT2D eigenvalue weighted by Gasteiger charge is -2.14. The molecule has 0 atom stereocenters. The number of rotatable bonds is 5. The van der Waals surface area contributed by atoms with Crippen LogP contribution in [0, 0.1) is 0 Å². The minimum atomic E-state index is -4.59. The van der Waals surface area contributed by atoms with E-state index < -0.39 is 23.6 Å². The Morgan fingerprint density at radius 1 is 1.44 bits per heavy atom. The molecule has 0 saturated carbocycles. The van der Waals surface area contributed by atoms with Gasteiger partial charge in [0.15, 0.2) is 11.5 Å². The van der Waals surface area contributed by atoms with Gasteiger partial charge in [0.2, 0.25) is 11.8 Å². The second kappa shape index (κ2) is 7.09. The van der Waals surface area contributed by atoms with Crippen LogP contribution in [0.1, 0.15) is 11.4 Å². The van der Waals surface area contributed by atoms with Gasteiger partial charge in [-0.15, -0.1) is 10.2 Å². The second-order valence-corrected chi connectivity index (χ2v) is 5.47. The van der Waals surface area contributed by atoms with E-state index in [1.54, 1.807) is 0 Å². The summed E-state index contributed by atoms with van der Waals surface area (Å²) in [6, 6.07) is 0.754. The number of hydrogen-bond acceptors (Lipinski definition) is 4. The highest BCUT2D eigenvalue weighted by Crippen LogP contribution is 2.32. The lowest BCUT2D eigenvalue weighted by atomic mass is 10.3. The molecule has 7 nitrogen and oxygen atoms in total. The van der Waals surface area contributed by atoms with Crippen molar-refractivity contribution in [2.75, 3.05) is 13.6 Å². The summed E-state index contributed by atoms with van der Waals surface area (Å²) >= 11 is 5.80. The molecule has 0 fully saturated rings. The number of hydrogen-bond donors (Lipinski definition) is 1. The molecule has 0 aromatic carbocycles. The molecule has 0 aliphatic carbocycles. The summed E-state index contributed by atoms with van der Waals surface area (Å²) in [5, 5.41) is 9.68. The highest BCUT2D eigenvalue weighted by atomic mass is 35.5. The molecule has 0 radical (unpaired) electrons. The number of amides is 2. The number of pyridine rings is 1. The van der Waals surface area contributed by atoms with Crippen molar-refractivity contribution < 1.29 is 22.8 Å². The maximum absolute atomic E-state index is 12.9. The van der Waals surface area contributed by atoms with Gasteiger partial charge in [-0.1, -0.05) is 18.2 Å². The Kier molecular flexibility index (Phi) is 5.31. The first kappa shape index (κ1) is 18.7. The van der Waals surface area contributed by atoms with Gasteiger partial charge in [0.05, 0.1) is 23.7 Å². The largest absolute Gasteiger partial charge is 0.417 e. The number of carbonyl (C=O) groups is 2. The smallest absolute Gasteiger partial charge is 0.347 e. The molecule has 2 amide bonds. The van der Waals surface area contributed by atoms with Gasteiger partial charge in [-0.25, -0.2) is 0 Å². The summed E-state index contributed by atoms with van der Waals surface area (Å²) in [5.74, 6) is -0.897. The average molecular weight is 376 g/mol. The van der Waals surface area contributed by atoms with Crippen molar-refractivity contribution in [3.8, 4) is 0 Å². The Morgan fingerprint density at radius 3 is 2.72 bits per heavy atom. The molecule has 2 aromatic heterocycles. The summed E-state index contributed by atoms with van der Waals surface area (Å²) < 4.78 is 39.7. The number of alkyl halides is 3. The topological polar surface area (TPSA) is 79.6 Å². The minimum Gasteiger partial charge on any atom is -0.347 e. The average Bonchev–Trinajstić information content (AvgIpc) is 2.94. The van der Waals surface area contributed by atoms with Crippen molar-refractivity contribution in [3.63, 3.8) is 0 Å². The Balaban J connectivity index is 2.16. The summed E-state index contributed by atoms with van der Waals surface area (Å²) in [6.07, 6.45) is -2.73. The van der Waals surface area contributed by atoms with Gasteiger partial charge in [0.25, 0.3) is 0 Å². The zero-order valence-corrected chi connectivity index (χ0v) is 13.7. The number of halogens is 4. The maximum atomic E-state index is 12.9. The van der Waals surface area contributed by atoms with Gasteiger partial charge < -0.3 is 10.2 Å². The van der Waals surface area contributed by atoms with Crippen molar-refractivity contribution in [1.29, 1.82) is 0 Å². The first-order valence-corrected chi connectivity index (χ1v) is 7.26. The van der Waals surface area contributed by atoms with Gasteiger partial charge in [0.1, 0.15) is 0 Å². The molecule has 0 saturated heterocycles. The van der Waals surface area contributed by atoms with E-state index in [0.29, 0.717) is 0 Å². The van der Waals surface area contributed by atoms with Crippen molar-refractivity contribution in [1.82, 2.24) is 24.8 Å². The number of fused-ring (bicyclic) bond motifs is 1. The molecule has 11 heteroatoms. The molecule has 0 aliphatic heterocycles. The molecule has 2 heterocycles. The fourth-order valence-electron chi connectivity index (χ4n) is 1.96. The monoisotopic (exact) mass is 375 g/mol. The third kappa shape index (κ3) is 4.27. The van der Waals surface area contributed by atoms with E-state index in [0.717, 1.165) is 27.6 Å². The number of aromatic nitrogens is 3. The fourth-order valence-corrected chi connectivity index (χ4v) is 2.20. The third-order valence-electron chi connectivity index (χ3n) is 3.23. The van der Waals surface area contributed by atoms with Crippen molar-refractivity contribution in [3.05, 3.63) is 41.3 Å². The molecular formula is C14H13ClF3N5O2. The Labute approximate surface area is 145 Å². The number of likely N-dealkylation sites (N-methyl/N-ethyl adjacent to an activating group) is 1. The van der Waals surface area contributed by atoms with E-state index in [-0.39, 0.29) is 29.6 Å². The maximum Gasteiger partial charge on any atom is 0.417 e. The molecule has 0 bridgehead atoms. The highest BCUT2D eigenvalue weighted by molar-refractivity contribution is 6.33. The zero-order valence-electron chi connectivity index (χ0n) is 13.0. The van der Waals surface area contributed by atoms with Gasteiger partial charge >= 0.3 is 6.18 Å². The number of nitrogens with zero attached hydrogens (tertiary/aromatic N) is 4. The summed E-state index contributed by atoms with van der Waals surface area (Å²) in [6.45, 7) is 2.87. The summed E-state index contributed by atoms with van der Waals surface area (Å²) in [4.78, 5) is 24.2. The summed E-state index contributed by atoms with van der Waals surface area (Å²) in [7, 11) is 1.41. The van der Waals surface area contributed by atoms with E-state index in [1.807, 2.05) is 0 Å². The van der Waals surface area contributed by atoms with Crippen molar-refractivity contribution in [2.24, 2.45) is 0 Å². The Hall–Kier alpha value is -2.62. The van der Waals surface area contributed by atoms with Crippen LogP contribution < -0.4 is 5.32 Å². The van der Waals surface area contributed by atoms with E-state index in [1.165, 1.54) is 7.05 Å². The van der Waals surface area contributed by atoms with Crippen LogP contribution in [0.5, 0.6) is 0 Å². The minimum absolute atomic E-state index is 0.0397. The van der Waals surface area contributed by atoms with Gasteiger partial charge in [-0.05, 0) is 12.1 Å². The third-order valence-corrected chi connectivity index (χ3v) is 3.51. The van der Waals surface area contributed by atoms with Crippen LogP contribution in [0.3, 0.4) is 0 Å². The number of carbonyl (C=O) groups excluding carboxylic acids is 2. The van der Waals surface area contributed by atoms with Gasteiger partial charge in [-0.3, -0.25) is 14.0 Å². The van der Waals surface area contributed by atoms with Crippen molar-refractivity contribution >= 4 is 29.1 Å². The lowest BCUT2D eigenvalue weighted by molar-refractivity contribution is -0.137. The van der Waals surface area contributed by atoms with Gasteiger partial charge in [0, 0.05) is 13.2 Å². The van der Waals surface area contributed by atoms with E-state index in [9.17, 15) is 22.8 Å². The van der Waals surface area contributed by atoms with Crippen LogP contribution in [-0.4, -0.2) is 44.9 Å². The van der Waals surface area contributed by atoms with E-state index >= 15 is 0 Å². The molecular weight excluding hydrogens is 363 g/mol. The lowest BCUT2D eigenvalue weighted by Crippen LogP contribution is -2.37. The standard InChI is InChI=1S/C14H13ClF3N5O2/c1-3-12(25)22(2)7-11(24)19-5-10-20-21-13-9(15)4-8(6-23(10)13)14(16,17)18/h3-4,6H,1,5,7H2,2H3,(H,19,24). The zero-order chi connectivity index (χ0) is 18.8. The fraction of sp³-hybridized carbons (Fsp3) is 0.286. The molecule has 0 unspecified atom stereocenters. The van der Waals surface area contributed by atoms with Crippen LogP contribution in [-0.2, 0) is 22.3 Å². The molecule has 0 aliphatic rings. The van der Waals surface area contributed by atoms with Crippen LogP contribution >= 0.6 is 11.6 Å². The second-order valence-electron chi connectivity index (χ2n) is 5.06. The van der Waals surface area contributed by atoms with E-state index in [2.05, 4.69) is 22.1 Å².